The van der Waals surface area contributed by atoms with Gasteiger partial charge in [-0.05, 0) is 104 Å². The molecule has 0 spiro atoms. The SMILES string of the molecule is COc1cc(-c2ccc(C3CCc4ccc(CC(C)C(=O)O)cc4O3)c(CN3CCCCC3(C)C)c2)ccn1. The Labute approximate surface area is 232 Å². The standard InChI is InChI=1S/C33H40N2O4/c1-22(32(36)37)17-23-7-8-24-10-12-29(39-30(24)18-23)28-11-9-25(26-13-15-34-31(20-26)38-4)19-27(28)21-35-16-6-5-14-33(35,2)3/h7-9,11,13,15,18-20,22,29H,5-6,10,12,14,16-17,21H2,1-4H3,(H,36,37). The van der Waals surface area contributed by atoms with Gasteiger partial charge in [-0.3, -0.25) is 9.69 Å². The van der Waals surface area contributed by atoms with E-state index in [0.29, 0.717) is 12.3 Å². The van der Waals surface area contributed by atoms with E-state index in [9.17, 15) is 9.90 Å². The lowest BCUT2D eigenvalue weighted by Gasteiger charge is -2.43. The minimum absolute atomic E-state index is 0.0476. The molecule has 1 fully saturated rings. The molecule has 6 nitrogen and oxygen atoms in total. The summed E-state index contributed by atoms with van der Waals surface area (Å²) >= 11 is 0. The number of pyridine rings is 1. The normalized spacial score (nSPS) is 19.5. The van der Waals surface area contributed by atoms with Crippen LogP contribution in [0.3, 0.4) is 0 Å². The first-order valence-corrected chi connectivity index (χ1v) is 14.1. The lowest BCUT2D eigenvalue weighted by molar-refractivity contribution is -0.141. The van der Waals surface area contributed by atoms with Crippen molar-refractivity contribution in [2.75, 3.05) is 13.7 Å². The molecule has 0 bridgehead atoms. The fourth-order valence-corrected chi connectivity index (χ4v) is 5.96. The number of hydrogen-bond acceptors (Lipinski definition) is 5. The smallest absolute Gasteiger partial charge is 0.306 e. The van der Waals surface area contributed by atoms with Crippen molar-refractivity contribution in [1.82, 2.24) is 9.88 Å². The second kappa shape index (κ2) is 11.4. The molecule has 3 aromatic rings. The van der Waals surface area contributed by atoms with Crippen LogP contribution in [0, 0.1) is 5.92 Å². The zero-order valence-electron chi connectivity index (χ0n) is 23.6. The van der Waals surface area contributed by atoms with Gasteiger partial charge in [-0.15, -0.1) is 0 Å². The number of aryl methyl sites for hydroxylation is 1. The molecule has 1 N–H and O–H groups in total. The number of aliphatic carboxylic acids is 1. The maximum Gasteiger partial charge on any atom is 0.306 e. The lowest BCUT2D eigenvalue weighted by Crippen LogP contribution is -2.46. The molecule has 2 atom stereocenters. The number of piperidine rings is 1. The van der Waals surface area contributed by atoms with Crippen LogP contribution in [0.15, 0.2) is 54.7 Å². The van der Waals surface area contributed by atoms with Crippen LogP contribution in [0.1, 0.15) is 74.8 Å². The molecule has 0 aliphatic carbocycles. The predicted octanol–water partition coefficient (Wildman–Crippen LogP) is 6.85. The molecule has 206 valence electrons. The van der Waals surface area contributed by atoms with Crippen molar-refractivity contribution in [2.45, 2.75) is 77.5 Å². The first-order valence-electron chi connectivity index (χ1n) is 14.1. The number of nitrogens with zero attached hydrogens (tertiary/aromatic N) is 2. The van der Waals surface area contributed by atoms with Gasteiger partial charge in [0.2, 0.25) is 5.88 Å². The van der Waals surface area contributed by atoms with Crippen molar-refractivity contribution in [3.8, 4) is 22.8 Å². The predicted molar refractivity (Wildman–Crippen MR) is 153 cm³/mol. The third-order valence-electron chi connectivity index (χ3n) is 8.49. The molecule has 0 saturated carbocycles. The van der Waals surface area contributed by atoms with Gasteiger partial charge in [0.15, 0.2) is 0 Å². The molecule has 2 aliphatic rings. The Morgan fingerprint density at radius 1 is 1.15 bits per heavy atom. The Kier molecular flexibility index (Phi) is 7.94. The lowest BCUT2D eigenvalue weighted by atomic mass is 9.87. The number of carboxylic acid groups (broad SMARTS) is 1. The Morgan fingerprint density at radius 2 is 1.97 bits per heavy atom. The summed E-state index contributed by atoms with van der Waals surface area (Å²) in [5.41, 5.74) is 7.10. The van der Waals surface area contributed by atoms with Crippen molar-refractivity contribution in [3.05, 3.63) is 77.0 Å². The molecule has 39 heavy (non-hydrogen) atoms. The number of benzene rings is 2. The maximum absolute atomic E-state index is 11.4. The van der Waals surface area contributed by atoms with Crippen molar-refractivity contribution in [2.24, 2.45) is 5.92 Å². The van der Waals surface area contributed by atoms with Crippen molar-refractivity contribution in [3.63, 3.8) is 0 Å². The highest BCUT2D eigenvalue weighted by Gasteiger charge is 2.31. The largest absolute Gasteiger partial charge is 0.485 e. The summed E-state index contributed by atoms with van der Waals surface area (Å²) in [6.07, 6.45) is 7.80. The van der Waals surface area contributed by atoms with E-state index in [4.69, 9.17) is 9.47 Å². The number of methoxy groups -OCH3 is 1. The van der Waals surface area contributed by atoms with E-state index in [2.05, 4.69) is 48.0 Å². The van der Waals surface area contributed by atoms with Crippen LogP contribution in [0.5, 0.6) is 11.6 Å². The monoisotopic (exact) mass is 528 g/mol. The third-order valence-corrected chi connectivity index (χ3v) is 8.49. The van der Waals surface area contributed by atoms with Crippen LogP contribution in [0.4, 0.5) is 0 Å². The van der Waals surface area contributed by atoms with Gasteiger partial charge in [0.05, 0.1) is 13.0 Å². The molecule has 2 aliphatic heterocycles. The van der Waals surface area contributed by atoms with Gasteiger partial charge in [0.25, 0.3) is 0 Å². The first kappa shape index (κ1) is 27.2. The molecular weight excluding hydrogens is 488 g/mol. The van der Waals surface area contributed by atoms with Crippen LogP contribution in [0.25, 0.3) is 11.1 Å². The van der Waals surface area contributed by atoms with E-state index in [1.54, 1.807) is 20.2 Å². The maximum atomic E-state index is 11.4. The second-order valence-electron chi connectivity index (χ2n) is 11.7. The highest BCUT2D eigenvalue weighted by atomic mass is 16.5. The highest BCUT2D eigenvalue weighted by molar-refractivity contribution is 5.70. The van der Waals surface area contributed by atoms with E-state index in [-0.39, 0.29) is 11.6 Å². The number of carbonyl (C=O) groups is 1. The summed E-state index contributed by atoms with van der Waals surface area (Å²) in [5, 5.41) is 9.36. The average molecular weight is 529 g/mol. The van der Waals surface area contributed by atoms with Crippen LogP contribution in [-0.4, -0.2) is 40.2 Å². The number of ether oxygens (including phenoxy) is 2. The summed E-state index contributed by atoms with van der Waals surface area (Å²) in [7, 11) is 1.64. The molecule has 2 aromatic carbocycles. The third kappa shape index (κ3) is 6.11. The Balaban J connectivity index is 1.48. The van der Waals surface area contributed by atoms with Crippen LogP contribution < -0.4 is 9.47 Å². The van der Waals surface area contributed by atoms with Gasteiger partial charge in [0.1, 0.15) is 11.9 Å². The van der Waals surface area contributed by atoms with Gasteiger partial charge in [-0.1, -0.05) is 37.6 Å². The minimum Gasteiger partial charge on any atom is -0.485 e. The van der Waals surface area contributed by atoms with Crippen molar-refractivity contribution in [1.29, 1.82) is 0 Å². The molecule has 6 heteroatoms. The van der Waals surface area contributed by atoms with Gasteiger partial charge in [-0.25, -0.2) is 4.98 Å². The number of carboxylic acids is 1. The van der Waals surface area contributed by atoms with Crippen LogP contribution in [0.2, 0.25) is 0 Å². The quantitative estimate of drug-likeness (QED) is 0.345. The number of rotatable bonds is 8. The fourth-order valence-electron chi connectivity index (χ4n) is 5.96. The van der Waals surface area contributed by atoms with E-state index in [0.717, 1.165) is 48.4 Å². The second-order valence-corrected chi connectivity index (χ2v) is 11.7. The topological polar surface area (TPSA) is 71.9 Å². The Bertz CT molecular complexity index is 1340. The zero-order valence-corrected chi connectivity index (χ0v) is 23.6. The molecular formula is C33H40N2O4. The summed E-state index contributed by atoms with van der Waals surface area (Å²) in [6.45, 7) is 8.44. The number of hydrogen-bond donors (Lipinski definition) is 1. The molecule has 5 rings (SSSR count). The van der Waals surface area contributed by atoms with E-state index < -0.39 is 11.9 Å². The highest BCUT2D eigenvalue weighted by Crippen LogP contribution is 2.39. The van der Waals surface area contributed by atoms with E-state index >= 15 is 0 Å². The number of aromatic nitrogens is 1. The van der Waals surface area contributed by atoms with Crippen molar-refractivity contribution < 1.29 is 19.4 Å². The Morgan fingerprint density at radius 3 is 2.74 bits per heavy atom. The van der Waals surface area contributed by atoms with Gasteiger partial charge in [0, 0.05) is 24.3 Å². The van der Waals surface area contributed by atoms with Gasteiger partial charge < -0.3 is 14.6 Å². The number of likely N-dealkylation sites (tertiary alicyclic amines) is 1. The first-order chi connectivity index (χ1) is 18.7. The van der Waals surface area contributed by atoms with E-state index in [1.165, 1.54) is 36.0 Å². The van der Waals surface area contributed by atoms with E-state index in [1.807, 2.05) is 24.3 Å². The molecule has 2 unspecified atom stereocenters. The summed E-state index contributed by atoms with van der Waals surface area (Å²) in [6, 6.07) is 16.9. The molecule has 0 radical (unpaired) electrons. The summed E-state index contributed by atoms with van der Waals surface area (Å²) in [4.78, 5) is 18.3. The molecule has 1 aromatic heterocycles. The van der Waals surface area contributed by atoms with Crippen LogP contribution in [-0.2, 0) is 24.2 Å². The number of fused-ring (bicyclic) bond motifs is 1. The van der Waals surface area contributed by atoms with Crippen LogP contribution >= 0.6 is 0 Å². The van der Waals surface area contributed by atoms with Gasteiger partial charge in [-0.2, -0.15) is 0 Å². The Hall–Kier alpha value is -3.38. The molecule has 1 saturated heterocycles. The van der Waals surface area contributed by atoms with Gasteiger partial charge >= 0.3 is 5.97 Å². The van der Waals surface area contributed by atoms with Crippen molar-refractivity contribution >= 4 is 5.97 Å². The average Bonchev–Trinajstić information content (AvgIpc) is 2.93. The zero-order chi connectivity index (χ0) is 27.6. The minimum atomic E-state index is -0.774. The summed E-state index contributed by atoms with van der Waals surface area (Å²) < 4.78 is 12.1. The molecule has 3 heterocycles. The fraction of sp³-hybridized carbons (Fsp3) is 0.455. The molecule has 0 amide bonds. The summed E-state index contributed by atoms with van der Waals surface area (Å²) in [5.74, 6) is 0.286.